The molecule has 0 rings (SSSR count). The molecule has 0 saturated carbocycles. The van der Waals surface area contributed by atoms with Gasteiger partial charge in [0, 0.05) is 100 Å². The molecule has 0 amide bonds. The summed E-state index contributed by atoms with van der Waals surface area (Å²) in [5.41, 5.74) is 0. The van der Waals surface area contributed by atoms with Gasteiger partial charge in [-0.25, -0.2) is 0 Å². The molecular formula is MoNbNiTiV. The van der Waals surface area contributed by atoms with Crippen molar-refractivity contribution >= 4 is 0 Å². The number of hydrogen-bond acceptors (Lipinski definition) is 0. The third kappa shape index (κ3) is 19.0. The first kappa shape index (κ1) is 41.3. The Hall–Kier alpha value is 3.22. The molecule has 0 heterocycles. The molecule has 0 aromatic heterocycles. The smallest absolute Gasteiger partial charge is 0 e. The van der Waals surface area contributed by atoms with Crippen molar-refractivity contribution in [3.8, 4) is 0 Å². The zero-order chi connectivity index (χ0) is 0. The standard InChI is InChI=1S/Mo.Nb.Ni.Ti.V. The fraction of sp³-hybridized carbons (Fsp3) is 0. The maximum Gasteiger partial charge on any atom is 0 e. The van der Waals surface area contributed by atoms with Crippen molar-refractivity contribution in [3.05, 3.63) is 0 Å². The Labute approximate surface area is 98.5 Å². The molecule has 30 valence electrons. The summed E-state index contributed by atoms with van der Waals surface area (Å²) in [7, 11) is 0. The van der Waals surface area contributed by atoms with Gasteiger partial charge in [0.05, 0.1) is 0 Å². The largest absolute Gasteiger partial charge is 0 e. The van der Waals surface area contributed by atoms with E-state index < -0.39 is 0 Å². The van der Waals surface area contributed by atoms with Crippen molar-refractivity contribution in [2.24, 2.45) is 0 Å². The van der Waals surface area contributed by atoms with E-state index in [0.29, 0.717) is 0 Å². The maximum absolute atomic E-state index is 0. The first-order valence-electron chi connectivity index (χ1n) is 0. The van der Waals surface area contributed by atoms with Crippen LogP contribution in [0.1, 0.15) is 0 Å². The zero-order valence-corrected chi connectivity index (χ0v) is 10.3. The van der Waals surface area contributed by atoms with Crippen molar-refractivity contribution in [1.29, 1.82) is 0 Å². The van der Waals surface area contributed by atoms with E-state index in [4.69, 9.17) is 0 Å². The molecule has 0 spiro atoms. The quantitative estimate of drug-likeness (QED) is 0.541. The van der Waals surface area contributed by atoms with Gasteiger partial charge < -0.3 is 0 Å². The maximum atomic E-state index is 0. The second-order valence-corrected chi connectivity index (χ2v) is 0. The Balaban J connectivity index is 0. The molecule has 5 heavy (non-hydrogen) atoms. The monoisotopic (exact) mass is 348 g/mol. The van der Waals surface area contributed by atoms with Crippen LogP contribution in [0.15, 0.2) is 0 Å². The molecule has 5 heteroatoms. The predicted molar refractivity (Wildman–Crippen MR) is 0 cm³/mol. The van der Waals surface area contributed by atoms with Crippen LogP contribution in [0.25, 0.3) is 0 Å². The molecule has 0 saturated heterocycles. The van der Waals surface area contributed by atoms with Gasteiger partial charge in [-0.3, -0.25) is 0 Å². The van der Waals surface area contributed by atoms with Crippen molar-refractivity contribution in [1.82, 2.24) is 0 Å². The Morgan fingerprint density at radius 2 is 1.00 bits per heavy atom. The fourth-order valence-corrected chi connectivity index (χ4v) is 0. The summed E-state index contributed by atoms with van der Waals surface area (Å²) in [6.07, 6.45) is 0. The summed E-state index contributed by atoms with van der Waals surface area (Å²) in [6.45, 7) is 0. The molecule has 0 atom stereocenters. The second kappa shape index (κ2) is 26.9. The summed E-state index contributed by atoms with van der Waals surface area (Å²) >= 11 is 0. The summed E-state index contributed by atoms with van der Waals surface area (Å²) in [5.74, 6) is 0. The Bertz CT molecular complexity index is 11.6. The summed E-state index contributed by atoms with van der Waals surface area (Å²) in [5, 5.41) is 0. The normalized spacial score (nSPS) is 0. The molecular weight excluding hydrogens is 346 g/mol. The Kier molecular flexibility index (Phi) is 223. The van der Waals surface area contributed by atoms with E-state index in [1.807, 2.05) is 0 Å². The van der Waals surface area contributed by atoms with Crippen LogP contribution in [-0.4, -0.2) is 0 Å². The molecule has 0 bridgehead atoms. The molecule has 0 nitrogen and oxygen atoms in total. The average Bonchev–Trinajstić information content (AvgIpc) is 0. The van der Waals surface area contributed by atoms with Crippen molar-refractivity contribution in [2.45, 2.75) is 0 Å². The third-order valence-electron chi connectivity index (χ3n) is 0. The summed E-state index contributed by atoms with van der Waals surface area (Å²) in [4.78, 5) is 0. The second-order valence-electron chi connectivity index (χ2n) is 0. The molecule has 0 aromatic carbocycles. The van der Waals surface area contributed by atoms with Crippen LogP contribution < -0.4 is 0 Å². The van der Waals surface area contributed by atoms with Crippen LogP contribution in [0.3, 0.4) is 0 Å². The number of hydrogen-bond donors (Lipinski definition) is 0. The van der Waals surface area contributed by atoms with E-state index in [-0.39, 0.29) is 100 Å². The van der Waals surface area contributed by atoms with Gasteiger partial charge in [0.15, 0.2) is 0 Å². The van der Waals surface area contributed by atoms with E-state index >= 15 is 0 Å². The number of rotatable bonds is 0. The third-order valence-corrected chi connectivity index (χ3v) is 0. The Morgan fingerprint density at radius 1 is 1.00 bits per heavy atom. The first-order chi connectivity index (χ1) is 0. The van der Waals surface area contributed by atoms with Crippen LogP contribution in [0, 0.1) is 0 Å². The van der Waals surface area contributed by atoms with Gasteiger partial charge in [0.2, 0.25) is 0 Å². The van der Waals surface area contributed by atoms with Crippen molar-refractivity contribution in [3.63, 3.8) is 0 Å². The van der Waals surface area contributed by atoms with E-state index in [1.54, 1.807) is 0 Å². The van der Waals surface area contributed by atoms with Crippen LogP contribution >= 0.6 is 0 Å². The summed E-state index contributed by atoms with van der Waals surface area (Å²) < 4.78 is 0. The molecule has 2 radical (unpaired) electrons. The zero-order valence-electron chi connectivity index (χ0n) is 2.12. The van der Waals surface area contributed by atoms with Crippen molar-refractivity contribution in [2.75, 3.05) is 0 Å². The van der Waals surface area contributed by atoms with E-state index in [1.165, 1.54) is 0 Å². The predicted octanol–water partition coefficient (Wildman–Crippen LogP) is -0.0125. The molecule has 0 aliphatic rings. The minimum absolute atomic E-state index is 0. The van der Waals surface area contributed by atoms with Crippen LogP contribution in [0.4, 0.5) is 0 Å². The van der Waals surface area contributed by atoms with Crippen LogP contribution in [0.2, 0.25) is 0 Å². The van der Waals surface area contributed by atoms with Gasteiger partial charge in [-0.05, 0) is 0 Å². The minimum Gasteiger partial charge on any atom is 0 e. The van der Waals surface area contributed by atoms with Crippen LogP contribution in [0.5, 0.6) is 0 Å². The molecule has 0 unspecified atom stereocenters. The van der Waals surface area contributed by atoms with Crippen LogP contribution in [-0.2, 0) is 100 Å². The fourth-order valence-electron chi connectivity index (χ4n) is 0. The minimum atomic E-state index is 0. The topological polar surface area (TPSA) is 0 Å². The van der Waals surface area contributed by atoms with Gasteiger partial charge in [0.25, 0.3) is 0 Å². The van der Waals surface area contributed by atoms with Gasteiger partial charge in [-0.15, -0.1) is 0 Å². The van der Waals surface area contributed by atoms with Gasteiger partial charge in [-0.1, -0.05) is 0 Å². The molecule has 0 aliphatic heterocycles. The summed E-state index contributed by atoms with van der Waals surface area (Å²) in [6, 6.07) is 0. The van der Waals surface area contributed by atoms with Gasteiger partial charge in [-0.2, -0.15) is 0 Å². The van der Waals surface area contributed by atoms with E-state index in [2.05, 4.69) is 0 Å². The molecule has 0 aliphatic carbocycles. The van der Waals surface area contributed by atoms with E-state index in [0.717, 1.165) is 0 Å². The van der Waals surface area contributed by atoms with Crippen molar-refractivity contribution < 1.29 is 100 Å². The molecule has 0 aromatic rings. The average molecular weight is 346 g/mol. The molecule has 0 N–H and O–H groups in total. The Morgan fingerprint density at radius 3 is 1.00 bits per heavy atom. The molecule has 0 fully saturated rings. The first-order valence-corrected chi connectivity index (χ1v) is 0. The van der Waals surface area contributed by atoms with Gasteiger partial charge in [0.1, 0.15) is 0 Å². The van der Waals surface area contributed by atoms with Gasteiger partial charge >= 0.3 is 0 Å². The SMILES string of the molecule is [Mo].[Nb].[Ni].[Ti].[V]. The van der Waals surface area contributed by atoms with E-state index in [9.17, 15) is 0 Å².